The number of carbonyl (C=O) groups is 2. The molecule has 0 radical (unpaired) electrons. The Bertz CT molecular complexity index is 407. The lowest BCUT2D eigenvalue weighted by Crippen LogP contribution is -2.20. The second kappa shape index (κ2) is 5.78. The van der Waals surface area contributed by atoms with Crippen molar-refractivity contribution in [2.45, 2.75) is 6.43 Å². The van der Waals surface area contributed by atoms with Crippen LogP contribution in [0.3, 0.4) is 0 Å². The van der Waals surface area contributed by atoms with E-state index < -0.39 is 18.2 Å². The maximum Gasteiger partial charge on any atom is 0.315 e. The molecule has 0 heterocycles. The van der Waals surface area contributed by atoms with Gasteiger partial charge in [0.1, 0.15) is 5.75 Å². The summed E-state index contributed by atoms with van der Waals surface area (Å²) in [5, 5.41) is 2.00. The molecule has 0 saturated carbocycles. The lowest BCUT2D eigenvalue weighted by molar-refractivity contribution is -0.126. The highest BCUT2D eigenvalue weighted by Gasteiger charge is 2.14. The molecule has 7 heteroatoms. The lowest BCUT2D eigenvalue weighted by atomic mass is 10.3. The zero-order chi connectivity index (χ0) is 12.8. The Hall–Kier alpha value is -2.18. The van der Waals surface area contributed by atoms with Crippen LogP contribution in [0.25, 0.3) is 0 Å². The summed E-state index contributed by atoms with van der Waals surface area (Å²) in [7, 11) is 0. The maximum atomic E-state index is 11.9. The number of hydrogen-bond donors (Lipinski definition) is 2. The molecule has 0 aliphatic rings. The third-order valence-corrected chi connectivity index (χ3v) is 1.70. The summed E-state index contributed by atoms with van der Waals surface area (Å²) < 4.78 is 28.8. The van der Waals surface area contributed by atoms with Crippen LogP contribution in [-0.2, 0) is 9.59 Å². The fraction of sp³-hybridized carbons (Fsp3) is 0.200. The van der Waals surface area contributed by atoms with Crippen molar-refractivity contribution in [1.29, 1.82) is 0 Å². The molecule has 0 spiro atoms. The average molecular weight is 244 g/mol. The van der Waals surface area contributed by atoms with Gasteiger partial charge in [-0.05, 0) is 24.3 Å². The Labute approximate surface area is 95.5 Å². The van der Waals surface area contributed by atoms with Crippen molar-refractivity contribution in [3.63, 3.8) is 0 Å². The zero-order valence-corrected chi connectivity index (χ0v) is 8.65. The summed E-state index contributed by atoms with van der Waals surface area (Å²) in [6, 6.07) is 5.58. The molecule has 0 aliphatic heterocycles. The molecule has 5 nitrogen and oxygen atoms in total. The summed E-state index contributed by atoms with van der Waals surface area (Å²) in [5.74, 6) is -1.66. The molecule has 3 N–H and O–H groups in total. The number of nitrogens with one attached hydrogen (secondary N) is 1. The van der Waals surface area contributed by atoms with E-state index in [2.05, 4.69) is 0 Å². The van der Waals surface area contributed by atoms with Gasteiger partial charge in [0.05, 0.1) is 0 Å². The first-order chi connectivity index (χ1) is 7.99. The van der Waals surface area contributed by atoms with E-state index in [1.807, 2.05) is 5.32 Å². The van der Waals surface area contributed by atoms with Gasteiger partial charge < -0.3 is 15.8 Å². The molecular weight excluding hydrogens is 234 g/mol. The largest absolute Gasteiger partial charge is 0.484 e. The molecule has 0 unspecified atom stereocenters. The van der Waals surface area contributed by atoms with Crippen molar-refractivity contribution in [2.24, 2.45) is 5.73 Å². The summed E-state index contributed by atoms with van der Waals surface area (Å²) in [5.41, 5.74) is 5.08. The Balaban J connectivity index is 2.56. The lowest BCUT2D eigenvalue weighted by Gasteiger charge is -2.06. The minimum atomic E-state index is -3.07. The van der Waals surface area contributed by atoms with E-state index in [1.54, 1.807) is 0 Å². The third-order valence-electron chi connectivity index (χ3n) is 1.70. The van der Waals surface area contributed by atoms with Gasteiger partial charge >= 0.3 is 6.43 Å². The van der Waals surface area contributed by atoms with Crippen LogP contribution in [-0.4, -0.2) is 24.8 Å². The molecule has 0 saturated heterocycles. The molecule has 92 valence electrons. The number of nitrogens with two attached hydrogens (primary N) is 1. The van der Waals surface area contributed by atoms with Crippen LogP contribution in [0.5, 0.6) is 5.75 Å². The number of primary amides is 1. The van der Waals surface area contributed by atoms with Gasteiger partial charge in [-0.2, -0.15) is 8.78 Å². The van der Waals surface area contributed by atoms with Gasteiger partial charge in [0.25, 0.3) is 11.8 Å². The number of rotatable bonds is 5. The molecule has 1 aromatic carbocycles. The zero-order valence-electron chi connectivity index (χ0n) is 8.65. The second-order valence-electron chi connectivity index (χ2n) is 3.07. The number of anilines is 1. The molecule has 1 rings (SSSR count). The third kappa shape index (κ3) is 4.45. The second-order valence-corrected chi connectivity index (χ2v) is 3.07. The molecule has 0 bridgehead atoms. The van der Waals surface area contributed by atoms with Crippen LogP contribution < -0.4 is 15.8 Å². The molecular formula is C10H10F2N2O3. The molecule has 1 aromatic rings. The quantitative estimate of drug-likeness (QED) is 0.802. The van der Waals surface area contributed by atoms with Crippen LogP contribution in [0.1, 0.15) is 0 Å². The van der Waals surface area contributed by atoms with Crippen molar-refractivity contribution in [2.75, 3.05) is 11.9 Å². The standard InChI is InChI=1S/C10H10F2N2O3/c11-9(12)10(16)14-6-1-3-7(4-2-6)17-5-8(13)15/h1-4,9H,5H2,(H2,13,15)(H,14,16). The Morgan fingerprint density at radius 2 is 1.88 bits per heavy atom. The highest BCUT2D eigenvalue weighted by Crippen LogP contribution is 2.16. The molecule has 2 amide bonds. The first-order valence-electron chi connectivity index (χ1n) is 4.59. The van der Waals surface area contributed by atoms with Gasteiger partial charge in [0.2, 0.25) is 0 Å². The highest BCUT2D eigenvalue weighted by molar-refractivity contribution is 5.93. The molecule has 0 fully saturated rings. The fourth-order valence-corrected chi connectivity index (χ4v) is 0.986. The molecule has 0 aromatic heterocycles. The van der Waals surface area contributed by atoms with Crippen molar-refractivity contribution in [3.05, 3.63) is 24.3 Å². The smallest absolute Gasteiger partial charge is 0.315 e. The fourth-order valence-electron chi connectivity index (χ4n) is 0.986. The van der Waals surface area contributed by atoms with Crippen LogP contribution in [0.4, 0.5) is 14.5 Å². The van der Waals surface area contributed by atoms with Crippen molar-refractivity contribution < 1.29 is 23.1 Å². The van der Waals surface area contributed by atoms with Gasteiger partial charge in [-0.3, -0.25) is 9.59 Å². The molecule has 0 atom stereocenters. The van der Waals surface area contributed by atoms with E-state index in [0.717, 1.165) is 0 Å². The van der Waals surface area contributed by atoms with Crippen LogP contribution in [0.2, 0.25) is 0 Å². The van der Waals surface area contributed by atoms with Crippen LogP contribution in [0.15, 0.2) is 24.3 Å². The predicted octanol–water partition coefficient (Wildman–Crippen LogP) is 0.754. The van der Waals surface area contributed by atoms with Crippen molar-refractivity contribution in [3.8, 4) is 5.75 Å². The number of amides is 2. The van der Waals surface area contributed by atoms with E-state index in [9.17, 15) is 18.4 Å². The first kappa shape index (κ1) is 12.9. The topological polar surface area (TPSA) is 81.4 Å². The van der Waals surface area contributed by atoms with Crippen LogP contribution >= 0.6 is 0 Å². The summed E-state index contributed by atoms with van der Waals surface area (Å²) in [6.07, 6.45) is -3.07. The maximum absolute atomic E-state index is 11.9. The minimum Gasteiger partial charge on any atom is -0.484 e. The van der Waals surface area contributed by atoms with Gasteiger partial charge in [0, 0.05) is 5.69 Å². The summed E-state index contributed by atoms with van der Waals surface area (Å²) in [6.45, 7) is -0.275. The highest BCUT2D eigenvalue weighted by atomic mass is 19.3. The van der Waals surface area contributed by atoms with Crippen molar-refractivity contribution >= 4 is 17.5 Å². The molecule has 0 aliphatic carbocycles. The number of hydrogen-bond acceptors (Lipinski definition) is 3. The van der Waals surface area contributed by atoms with Crippen molar-refractivity contribution in [1.82, 2.24) is 0 Å². The van der Waals surface area contributed by atoms with Gasteiger partial charge in [0.15, 0.2) is 6.61 Å². The SMILES string of the molecule is NC(=O)COc1ccc(NC(=O)C(F)F)cc1. The van der Waals surface area contributed by atoms with E-state index >= 15 is 0 Å². The van der Waals surface area contributed by atoms with Gasteiger partial charge in [-0.1, -0.05) is 0 Å². The number of ether oxygens (including phenoxy) is 1. The summed E-state index contributed by atoms with van der Waals surface area (Å²) >= 11 is 0. The van der Waals surface area contributed by atoms with E-state index in [1.165, 1.54) is 24.3 Å². The van der Waals surface area contributed by atoms with Gasteiger partial charge in [-0.25, -0.2) is 0 Å². The normalized spacial score (nSPS) is 10.1. The number of benzene rings is 1. The van der Waals surface area contributed by atoms with Gasteiger partial charge in [-0.15, -0.1) is 0 Å². The summed E-state index contributed by atoms with van der Waals surface area (Å²) in [4.78, 5) is 21.1. The minimum absolute atomic E-state index is 0.210. The number of carbonyl (C=O) groups excluding carboxylic acids is 2. The molecule has 17 heavy (non-hydrogen) atoms. The van der Waals surface area contributed by atoms with E-state index in [-0.39, 0.29) is 12.3 Å². The number of alkyl halides is 2. The Morgan fingerprint density at radius 3 is 2.35 bits per heavy atom. The monoisotopic (exact) mass is 244 g/mol. The Kier molecular flexibility index (Phi) is 4.38. The average Bonchev–Trinajstić information content (AvgIpc) is 2.28. The van der Waals surface area contributed by atoms with E-state index in [0.29, 0.717) is 5.75 Å². The predicted molar refractivity (Wildman–Crippen MR) is 55.8 cm³/mol. The first-order valence-corrected chi connectivity index (χ1v) is 4.59. The number of halogens is 2. The van der Waals surface area contributed by atoms with E-state index in [4.69, 9.17) is 10.5 Å². The Morgan fingerprint density at radius 1 is 1.29 bits per heavy atom. The van der Waals surface area contributed by atoms with Crippen LogP contribution in [0, 0.1) is 0 Å².